The van der Waals surface area contributed by atoms with E-state index in [1.54, 1.807) is 12.2 Å². The summed E-state index contributed by atoms with van der Waals surface area (Å²) in [5.41, 5.74) is -1.07. The molecule has 3 saturated carbocycles. The van der Waals surface area contributed by atoms with Crippen molar-refractivity contribution >= 4 is 23.6 Å². The maximum Gasteiger partial charge on any atom is 0.309 e. The Hall–Kier alpha value is -2.54. The van der Waals surface area contributed by atoms with Gasteiger partial charge in [0, 0.05) is 29.9 Å². The molecule has 0 spiro atoms. The number of ether oxygens (including phenoxy) is 1. The number of hydrogen-bond donors (Lipinski definition) is 1. The minimum atomic E-state index is -1.37. The number of esters is 1. The molecule has 1 N–H and O–H groups in total. The van der Waals surface area contributed by atoms with E-state index >= 15 is 0 Å². The molecule has 7 heteroatoms. The molecule has 0 aromatic rings. The van der Waals surface area contributed by atoms with Crippen LogP contribution in [0.2, 0.25) is 0 Å². The summed E-state index contributed by atoms with van der Waals surface area (Å²) in [4.78, 5) is 56.4. The Morgan fingerprint density at radius 3 is 2.49 bits per heavy atom. The van der Waals surface area contributed by atoms with Gasteiger partial charge in [-0.15, -0.1) is 6.58 Å². The lowest BCUT2D eigenvalue weighted by molar-refractivity contribution is -0.161. The monoisotopic (exact) mass is 565 g/mol. The lowest BCUT2D eigenvalue weighted by Gasteiger charge is -2.51. The smallest absolute Gasteiger partial charge is 0.309 e. The molecule has 7 atom stereocenters. The van der Waals surface area contributed by atoms with Crippen LogP contribution in [0.5, 0.6) is 0 Å². The number of aliphatic hydroxyl groups is 1. The summed E-state index contributed by atoms with van der Waals surface area (Å²) in [7, 11) is 0. The van der Waals surface area contributed by atoms with Crippen molar-refractivity contribution in [1.82, 2.24) is 4.90 Å². The fourth-order valence-corrected chi connectivity index (χ4v) is 7.56. The van der Waals surface area contributed by atoms with Gasteiger partial charge in [-0.1, -0.05) is 58.3 Å². The maximum absolute atomic E-state index is 14.6. The van der Waals surface area contributed by atoms with Crippen molar-refractivity contribution in [3.63, 3.8) is 0 Å². The minimum Gasteiger partial charge on any atom is -0.465 e. The normalized spacial score (nSPS) is 34.0. The molecule has 224 valence electrons. The zero-order valence-electron chi connectivity index (χ0n) is 25.0. The van der Waals surface area contributed by atoms with Crippen LogP contribution in [0.4, 0.5) is 0 Å². The van der Waals surface area contributed by atoms with Gasteiger partial charge >= 0.3 is 5.97 Å². The van der Waals surface area contributed by atoms with Gasteiger partial charge in [0.2, 0.25) is 0 Å². The van der Waals surface area contributed by atoms with Gasteiger partial charge in [0.15, 0.2) is 5.78 Å². The van der Waals surface area contributed by atoms with Crippen LogP contribution in [-0.4, -0.2) is 52.3 Å². The molecule has 5 aliphatic rings. The number of amides is 2. The van der Waals surface area contributed by atoms with Crippen LogP contribution in [-0.2, 0) is 23.9 Å². The number of allylic oxidation sites excluding steroid dienone is 2. The quantitative estimate of drug-likeness (QED) is 0.109. The summed E-state index contributed by atoms with van der Waals surface area (Å²) < 4.78 is 5.58. The number of ketones is 1. The van der Waals surface area contributed by atoms with Gasteiger partial charge in [-0.2, -0.15) is 0 Å². The van der Waals surface area contributed by atoms with Crippen molar-refractivity contribution in [2.45, 2.75) is 90.6 Å². The van der Waals surface area contributed by atoms with Gasteiger partial charge in [0.05, 0.1) is 23.7 Å². The molecule has 7 nitrogen and oxygen atoms in total. The third-order valence-corrected chi connectivity index (χ3v) is 10.2. The molecular formula is C34H47NO6. The Morgan fingerprint density at radius 2 is 1.85 bits per heavy atom. The molecular weight excluding hydrogens is 518 g/mol. The highest BCUT2D eigenvalue weighted by Gasteiger charge is 2.57. The van der Waals surface area contributed by atoms with Crippen LogP contribution >= 0.6 is 0 Å². The van der Waals surface area contributed by atoms with Crippen molar-refractivity contribution in [2.24, 2.45) is 47.3 Å². The summed E-state index contributed by atoms with van der Waals surface area (Å²) in [5.74, 6) is -3.05. The van der Waals surface area contributed by atoms with E-state index in [1.165, 1.54) is 4.90 Å². The second-order valence-corrected chi connectivity index (χ2v) is 13.6. The van der Waals surface area contributed by atoms with Crippen molar-refractivity contribution < 1.29 is 29.0 Å². The average molecular weight is 566 g/mol. The van der Waals surface area contributed by atoms with Crippen LogP contribution in [0.15, 0.2) is 36.0 Å². The van der Waals surface area contributed by atoms with Gasteiger partial charge in [-0.3, -0.25) is 24.1 Å². The first-order chi connectivity index (χ1) is 19.6. The lowest BCUT2D eigenvalue weighted by Crippen LogP contribution is -2.56. The van der Waals surface area contributed by atoms with Crippen LogP contribution in [0.3, 0.4) is 0 Å². The zero-order valence-corrected chi connectivity index (χ0v) is 25.0. The van der Waals surface area contributed by atoms with E-state index in [0.29, 0.717) is 43.4 Å². The molecule has 0 bridgehead atoms. The maximum atomic E-state index is 14.6. The number of hydrogen-bond acceptors (Lipinski definition) is 6. The van der Waals surface area contributed by atoms with Gasteiger partial charge in [-0.25, -0.2) is 0 Å². The lowest BCUT2D eigenvalue weighted by atomic mass is 9.55. The summed E-state index contributed by atoms with van der Waals surface area (Å²) in [6.45, 7) is 10.8. The van der Waals surface area contributed by atoms with Crippen LogP contribution in [0.1, 0.15) is 85.0 Å². The van der Waals surface area contributed by atoms with E-state index in [9.17, 15) is 24.3 Å². The first-order valence-electron chi connectivity index (χ1n) is 15.9. The SMILES string of the molecule is C=CC(CCCCC)C1=C(C(=O)C2C(C)C=CC3(O)CC(C(=O)OCC4CC4)CC(C)C23)C(=O)N(CC2CC2)C1=O. The molecule has 0 aromatic carbocycles. The third kappa shape index (κ3) is 6.02. The van der Waals surface area contributed by atoms with E-state index in [-0.39, 0.29) is 47.4 Å². The second-order valence-electron chi connectivity index (χ2n) is 13.6. The minimum absolute atomic E-state index is 0.00437. The number of imide groups is 1. The average Bonchev–Trinajstić information content (AvgIpc) is 3.87. The third-order valence-electron chi connectivity index (χ3n) is 10.2. The van der Waals surface area contributed by atoms with Crippen LogP contribution < -0.4 is 0 Å². The molecule has 0 radical (unpaired) electrons. The number of rotatable bonds is 13. The predicted octanol–water partition coefficient (Wildman–Crippen LogP) is 5.18. The van der Waals surface area contributed by atoms with E-state index in [1.807, 2.05) is 19.9 Å². The largest absolute Gasteiger partial charge is 0.465 e. The topological polar surface area (TPSA) is 101 Å². The van der Waals surface area contributed by atoms with Crippen molar-refractivity contribution in [3.8, 4) is 0 Å². The number of carbonyl (C=O) groups is 4. The Balaban J connectivity index is 1.45. The molecule has 0 aromatic heterocycles. The molecule has 2 amide bonds. The van der Waals surface area contributed by atoms with Crippen molar-refractivity contribution in [1.29, 1.82) is 0 Å². The van der Waals surface area contributed by atoms with Crippen LogP contribution in [0.25, 0.3) is 0 Å². The first-order valence-corrected chi connectivity index (χ1v) is 15.9. The Labute approximate surface area is 244 Å². The summed E-state index contributed by atoms with van der Waals surface area (Å²) in [6, 6.07) is 0. The second kappa shape index (κ2) is 12.0. The van der Waals surface area contributed by atoms with Crippen LogP contribution in [0, 0.1) is 47.3 Å². The molecule has 3 fully saturated rings. The number of unbranched alkanes of at least 4 members (excludes halogenated alkanes) is 2. The van der Waals surface area contributed by atoms with E-state index in [0.717, 1.165) is 44.9 Å². The van der Waals surface area contributed by atoms with E-state index in [4.69, 9.17) is 4.74 Å². The summed E-state index contributed by atoms with van der Waals surface area (Å²) in [5, 5.41) is 12.0. The van der Waals surface area contributed by atoms with Gasteiger partial charge in [0.25, 0.3) is 11.8 Å². The fraction of sp³-hybridized carbons (Fsp3) is 0.706. The highest BCUT2D eigenvalue weighted by molar-refractivity contribution is 6.32. The van der Waals surface area contributed by atoms with Gasteiger partial charge in [-0.05, 0) is 68.6 Å². The zero-order chi connectivity index (χ0) is 29.5. The Kier molecular flexibility index (Phi) is 8.75. The molecule has 1 aliphatic heterocycles. The highest BCUT2D eigenvalue weighted by Crippen LogP contribution is 2.52. The van der Waals surface area contributed by atoms with Gasteiger partial charge in [0.1, 0.15) is 0 Å². The Morgan fingerprint density at radius 1 is 1.15 bits per heavy atom. The standard InChI is InChI=1S/C34H47NO6/c1-5-7-8-9-24(6-2)27-28(32(38)35(31(27)37)18-22-10-11-22)30(36)26-20(3)14-15-34(40)17-25(16-21(4)29(26)34)33(39)41-19-23-12-13-23/h6,14-15,20-26,29,40H,2,5,7-13,16-19H2,1,3-4H3. The number of fused-ring (bicyclic) bond motifs is 1. The highest BCUT2D eigenvalue weighted by atomic mass is 16.5. The van der Waals surface area contributed by atoms with E-state index < -0.39 is 29.3 Å². The van der Waals surface area contributed by atoms with Crippen molar-refractivity contribution in [3.05, 3.63) is 36.0 Å². The first kappa shape index (κ1) is 29.9. The van der Waals surface area contributed by atoms with Gasteiger partial charge < -0.3 is 9.84 Å². The molecule has 1 heterocycles. The molecule has 41 heavy (non-hydrogen) atoms. The molecule has 7 unspecified atom stereocenters. The summed E-state index contributed by atoms with van der Waals surface area (Å²) >= 11 is 0. The molecule has 4 aliphatic carbocycles. The number of carbonyl (C=O) groups excluding carboxylic acids is 4. The molecule has 0 saturated heterocycles. The van der Waals surface area contributed by atoms with Crippen molar-refractivity contribution in [2.75, 3.05) is 13.2 Å². The van der Waals surface area contributed by atoms with E-state index in [2.05, 4.69) is 13.5 Å². The predicted molar refractivity (Wildman–Crippen MR) is 155 cm³/mol. The summed E-state index contributed by atoms with van der Waals surface area (Å²) in [6.07, 6.45) is 13.7. The number of Topliss-reactive ketones (excluding diaryl/α,β-unsaturated/α-hetero) is 1. The molecule has 5 rings (SSSR count). The fourth-order valence-electron chi connectivity index (χ4n) is 7.56. The Bertz CT molecular complexity index is 1150. The number of nitrogens with zero attached hydrogens (tertiary/aromatic N) is 1.